The number of aliphatic imine (C=N–C) groups is 1. The smallest absolute Gasteiger partial charge is 0.191 e. The van der Waals surface area contributed by atoms with Gasteiger partial charge in [0.15, 0.2) is 17.4 Å². The van der Waals surface area contributed by atoms with Crippen molar-refractivity contribution >= 4 is 23.2 Å². The molecule has 3 aromatic rings. The zero-order valence-electron chi connectivity index (χ0n) is 14.6. The molecule has 4 rings (SSSR count). The first kappa shape index (κ1) is 16.8. The normalized spacial score (nSPS) is 15.8. The SMILES string of the molecule is CN=C(NCc1nnc2ccccn12)NCC1(c2cccc(Cl)c2)CC1. The fraction of sp³-hybridized carbons (Fsp3) is 0.316. The van der Waals surface area contributed by atoms with Crippen molar-refractivity contribution in [1.29, 1.82) is 0 Å². The summed E-state index contributed by atoms with van der Waals surface area (Å²) < 4.78 is 1.97. The number of hydrogen-bond acceptors (Lipinski definition) is 3. The molecule has 2 heterocycles. The monoisotopic (exact) mass is 368 g/mol. The molecule has 2 N–H and O–H groups in total. The van der Waals surface area contributed by atoms with Crippen molar-refractivity contribution in [3.63, 3.8) is 0 Å². The van der Waals surface area contributed by atoms with Gasteiger partial charge in [-0.05, 0) is 42.7 Å². The summed E-state index contributed by atoms with van der Waals surface area (Å²) in [4.78, 5) is 4.32. The Morgan fingerprint density at radius 2 is 2.08 bits per heavy atom. The molecule has 6 nitrogen and oxygen atoms in total. The molecule has 0 spiro atoms. The number of hydrogen-bond donors (Lipinski definition) is 2. The van der Waals surface area contributed by atoms with Crippen molar-refractivity contribution in [1.82, 2.24) is 25.2 Å². The first-order chi connectivity index (χ1) is 12.7. The van der Waals surface area contributed by atoms with Gasteiger partial charge >= 0.3 is 0 Å². The predicted molar refractivity (Wildman–Crippen MR) is 104 cm³/mol. The van der Waals surface area contributed by atoms with Crippen LogP contribution in [0.2, 0.25) is 5.02 Å². The number of halogens is 1. The highest BCUT2D eigenvalue weighted by molar-refractivity contribution is 6.30. The summed E-state index contributed by atoms with van der Waals surface area (Å²) in [5, 5.41) is 15.9. The molecule has 1 aliphatic rings. The van der Waals surface area contributed by atoms with Gasteiger partial charge < -0.3 is 10.6 Å². The second-order valence-electron chi connectivity index (χ2n) is 6.62. The van der Waals surface area contributed by atoms with Crippen LogP contribution in [0.25, 0.3) is 5.65 Å². The number of pyridine rings is 1. The van der Waals surface area contributed by atoms with Crippen LogP contribution in [0.1, 0.15) is 24.2 Å². The van der Waals surface area contributed by atoms with E-state index in [2.05, 4.69) is 38.0 Å². The van der Waals surface area contributed by atoms with Crippen LogP contribution in [-0.2, 0) is 12.0 Å². The van der Waals surface area contributed by atoms with Crippen molar-refractivity contribution in [3.8, 4) is 0 Å². The number of benzene rings is 1. The van der Waals surface area contributed by atoms with Crippen LogP contribution < -0.4 is 10.6 Å². The third kappa shape index (κ3) is 3.37. The van der Waals surface area contributed by atoms with Gasteiger partial charge in [0.05, 0.1) is 6.54 Å². The molecule has 1 aliphatic carbocycles. The van der Waals surface area contributed by atoms with Gasteiger partial charge in [0.25, 0.3) is 0 Å². The quantitative estimate of drug-likeness (QED) is 0.537. The van der Waals surface area contributed by atoms with Crippen molar-refractivity contribution in [2.24, 2.45) is 4.99 Å². The highest BCUT2D eigenvalue weighted by atomic mass is 35.5. The molecule has 0 radical (unpaired) electrons. The van der Waals surface area contributed by atoms with E-state index in [1.54, 1.807) is 7.05 Å². The van der Waals surface area contributed by atoms with Gasteiger partial charge in [-0.3, -0.25) is 9.39 Å². The van der Waals surface area contributed by atoms with Gasteiger partial charge in [-0.1, -0.05) is 29.8 Å². The molecule has 0 saturated heterocycles. The second kappa shape index (κ2) is 6.96. The van der Waals surface area contributed by atoms with E-state index in [0.717, 1.165) is 41.8 Å². The molecule has 0 unspecified atom stereocenters. The molecule has 7 heteroatoms. The Hall–Kier alpha value is -2.60. The summed E-state index contributed by atoms with van der Waals surface area (Å²) >= 11 is 6.15. The number of guanidine groups is 1. The Morgan fingerprint density at radius 1 is 1.19 bits per heavy atom. The van der Waals surface area contributed by atoms with E-state index in [1.165, 1.54) is 5.56 Å². The van der Waals surface area contributed by atoms with E-state index in [4.69, 9.17) is 11.6 Å². The number of aromatic nitrogens is 3. The zero-order chi connectivity index (χ0) is 18.0. The lowest BCUT2D eigenvalue weighted by Crippen LogP contribution is -2.41. The van der Waals surface area contributed by atoms with Gasteiger partial charge in [-0.25, -0.2) is 0 Å². The van der Waals surface area contributed by atoms with Gasteiger partial charge in [0, 0.05) is 30.2 Å². The Kier molecular flexibility index (Phi) is 4.51. The van der Waals surface area contributed by atoms with Crippen molar-refractivity contribution < 1.29 is 0 Å². The number of nitrogens with zero attached hydrogens (tertiary/aromatic N) is 4. The first-order valence-corrected chi connectivity index (χ1v) is 9.07. The zero-order valence-corrected chi connectivity index (χ0v) is 15.4. The third-order valence-corrected chi connectivity index (χ3v) is 5.14. The van der Waals surface area contributed by atoms with Crippen LogP contribution in [0.3, 0.4) is 0 Å². The molecule has 1 aromatic carbocycles. The summed E-state index contributed by atoms with van der Waals surface area (Å²) in [5.41, 5.74) is 2.28. The minimum absolute atomic E-state index is 0.157. The minimum atomic E-state index is 0.157. The Bertz CT molecular complexity index is 944. The second-order valence-corrected chi connectivity index (χ2v) is 7.05. The molecule has 134 valence electrons. The molecule has 1 fully saturated rings. The van der Waals surface area contributed by atoms with E-state index in [-0.39, 0.29) is 5.41 Å². The van der Waals surface area contributed by atoms with Crippen molar-refractivity contribution in [2.45, 2.75) is 24.8 Å². The molecular weight excluding hydrogens is 348 g/mol. The summed E-state index contributed by atoms with van der Waals surface area (Å²) in [7, 11) is 1.77. The topological polar surface area (TPSA) is 66.6 Å². The van der Waals surface area contributed by atoms with Crippen molar-refractivity contribution in [2.75, 3.05) is 13.6 Å². The minimum Gasteiger partial charge on any atom is -0.356 e. The van der Waals surface area contributed by atoms with E-state index in [9.17, 15) is 0 Å². The van der Waals surface area contributed by atoms with E-state index in [1.807, 2.05) is 40.9 Å². The van der Waals surface area contributed by atoms with Crippen LogP contribution in [0.15, 0.2) is 53.7 Å². The van der Waals surface area contributed by atoms with Gasteiger partial charge in [-0.15, -0.1) is 10.2 Å². The third-order valence-electron chi connectivity index (χ3n) is 4.91. The fourth-order valence-electron chi connectivity index (χ4n) is 3.18. The lowest BCUT2D eigenvalue weighted by atomic mass is 9.96. The molecule has 0 bridgehead atoms. The lowest BCUT2D eigenvalue weighted by molar-refractivity contribution is 0.642. The van der Waals surface area contributed by atoms with Crippen LogP contribution >= 0.6 is 11.6 Å². The average Bonchev–Trinajstić information content (AvgIpc) is 3.35. The molecule has 0 aliphatic heterocycles. The molecular formula is C19H21ClN6. The summed E-state index contributed by atoms with van der Waals surface area (Å²) in [5.74, 6) is 1.60. The molecule has 1 saturated carbocycles. The standard InChI is InChI=1S/C19H21ClN6/c1-21-18(22-12-17-25-24-16-7-2-3-10-26(16)17)23-13-19(8-9-19)14-5-4-6-15(20)11-14/h2-7,10-11H,8-9,12-13H2,1H3,(H2,21,22,23). The molecule has 0 atom stereocenters. The number of nitrogens with one attached hydrogen (secondary N) is 2. The fourth-order valence-corrected chi connectivity index (χ4v) is 3.37. The van der Waals surface area contributed by atoms with Gasteiger partial charge in [0.1, 0.15) is 0 Å². The van der Waals surface area contributed by atoms with Gasteiger partial charge in [-0.2, -0.15) is 0 Å². The van der Waals surface area contributed by atoms with Gasteiger partial charge in [0.2, 0.25) is 0 Å². The predicted octanol–water partition coefficient (Wildman–Crippen LogP) is 2.78. The van der Waals surface area contributed by atoms with Crippen LogP contribution in [0, 0.1) is 0 Å². The Morgan fingerprint density at radius 3 is 2.85 bits per heavy atom. The highest BCUT2D eigenvalue weighted by Crippen LogP contribution is 2.48. The molecule has 2 aromatic heterocycles. The maximum Gasteiger partial charge on any atom is 0.191 e. The molecule has 0 amide bonds. The molecule has 26 heavy (non-hydrogen) atoms. The summed E-state index contributed by atoms with van der Waals surface area (Å²) in [6.45, 7) is 1.38. The van der Waals surface area contributed by atoms with E-state index < -0.39 is 0 Å². The van der Waals surface area contributed by atoms with E-state index >= 15 is 0 Å². The van der Waals surface area contributed by atoms with Crippen LogP contribution in [-0.4, -0.2) is 34.2 Å². The summed E-state index contributed by atoms with van der Waals surface area (Å²) in [6, 6.07) is 14.0. The van der Waals surface area contributed by atoms with Crippen LogP contribution in [0.5, 0.6) is 0 Å². The highest BCUT2D eigenvalue weighted by Gasteiger charge is 2.44. The Balaban J connectivity index is 1.38. The van der Waals surface area contributed by atoms with E-state index in [0.29, 0.717) is 6.54 Å². The Labute approximate surface area is 157 Å². The lowest BCUT2D eigenvalue weighted by Gasteiger charge is -2.19. The first-order valence-electron chi connectivity index (χ1n) is 8.69. The maximum absolute atomic E-state index is 6.15. The number of rotatable bonds is 5. The summed E-state index contributed by atoms with van der Waals surface area (Å²) in [6.07, 6.45) is 4.28. The van der Waals surface area contributed by atoms with Crippen molar-refractivity contribution in [3.05, 3.63) is 65.1 Å². The average molecular weight is 369 g/mol. The van der Waals surface area contributed by atoms with Crippen LogP contribution in [0.4, 0.5) is 0 Å². The number of fused-ring (bicyclic) bond motifs is 1. The maximum atomic E-state index is 6.15. The largest absolute Gasteiger partial charge is 0.356 e.